The molecule has 1 aliphatic heterocycles. The predicted octanol–water partition coefficient (Wildman–Crippen LogP) is 4.13. The van der Waals surface area contributed by atoms with Crippen LogP contribution in [0.5, 0.6) is 5.75 Å². The molecule has 3 aromatic rings. The molecule has 1 spiro atoms. The van der Waals surface area contributed by atoms with E-state index in [9.17, 15) is 10.1 Å². The maximum absolute atomic E-state index is 12.7. The second-order valence-electron chi connectivity index (χ2n) is 9.51. The van der Waals surface area contributed by atoms with Gasteiger partial charge in [0.05, 0.1) is 18.3 Å². The summed E-state index contributed by atoms with van der Waals surface area (Å²) < 4.78 is 16.5. The lowest BCUT2D eigenvalue weighted by molar-refractivity contribution is -0.128. The molecule has 1 fully saturated rings. The summed E-state index contributed by atoms with van der Waals surface area (Å²) in [5.41, 5.74) is 4.23. The Morgan fingerprint density at radius 3 is 2.91 bits per heavy atom. The second-order valence-corrected chi connectivity index (χ2v) is 9.51. The molecule has 1 atom stereocenters. The molecular formula is C27H28N4O4. The van der Waals surface area contributed by atoms with Gasteiger partial charge in [-0.3, -0.25) is 4.79 Å². The van der Waals surface area contributed by atoms with Crippen molar-refractivity contribution in [2.24, 2.45) is 0 Å². The monoisotopic (exact) mass is 472 g/mol. The fourth-order valence-electron chi connectivity index (χ4n) is 5.28. The number of likely N-dealkylation sites (tertiary alicyclic amines) is 1. The molecule has 2 heterocycles. The summed E-state index contributed by atoms with van der Waals surface area (Å²) in [5.74, 6) is 1.57. The Balaban J connectivity index is 1.44. The molecule has 0 N–H and O–H groups in total. The SMILES string of the molecule is COCCN1C[C@@]2(CCc3c(-c4noc(-c5ccc(OC(C)C)c(C#N)c5)n4)cccc32)CC1=O. The Hall–Kier alpha value is -3.70. The van der Waals surface area contributed by atoms with Crippen LogP contribution in [-0.2, 0) is 21.4 Å². The van der Waals surface area contributed by atoms with Crippen LogP contribution in [0.4, 0.5) is 0 Å². The Kier molecular flexibility index (Phi) is 6.03. The third kappa shape index (κ3) is 4.17. The van der Waals surface area contributed by atoms with Gasteiger partial charge in [0, 0.05) is 43.2 Å². The summed E-state index contributed by atoms with van der Waals surface area (Å²) >= 11 is 0. The van der Waals surface area contributed by atoms with Gasteiger partial charge in [-0.2, -0.15) is 10.2 Å². The lowest BCUT2D eigenvalue weighted by Gasteiger charge is -2.25. The zero-order chi connectivity index (χ0) is 24.6. The van der Waals surface area contributed by atoms with Crippen molar-refractivity contribution in [3.8, 4) is 34.7 Å². The average molecular weight is 473 g/mol. The number of carbonyl (C=O) groups excluding carboxylic acids is 1. The number of ether oxygens (including phenoxy) is 2. The number of fused-ring (bicyclic) bond motifs is 2. The molecule has 8 heteroatoms. The topological polar surface area (TPSA) is 101 Å². The summed E-state index contributed by atoms with van der Waals surface area (Å²) in [5, 5.41) is 13.8. The summed E-state index contributed by atoms with van der Waals surface area (Å²) in [6, 6.07) is 13.6. The van der Waals surface area contributed by atoms with E-state index < -0.39 is 0 Å². The van der Waals surface area contributed by atoms with Gasteiger partial charge >= 0.3 is 0 Å². The van der Waals surface area contributed by atoms with Crippen molar-refractivity contribution < 1.29 is 18.8 Å². The highest BCUT2D eigenvalue weighted by Gasteiger charge is 2.48. The van der Waals surface area contributed by atoms with Crippen LogP contribution in [0.2, 0.25) is 0 Å². The van der Waals surface area contributed by atoms with E-state index >= 15 is 0 Å². The lowest BCUT2D eigenvalue weighted by atomic mass is 9.80. The molecule has 2 aromatic carbocycles. The first-order valence-electron chi connectivity index (χ1n) is 11.9. The Morgan fingerprint density at radius 1 is 1.29 bits per heavy atom. The number of methoxy groups -OCH3 is 1. The minimum absolute atomic E-state index is 0.0337. The van der Waals surface area contributed by atoms with Gasteiger partial charge in [0.2, 0.25) is 11.7 Å². The van der Waals surface area contributed by atoms with E-state index in [-0.39, 0.29) is 17.4 Å². The van der Waals surface area contributed by atoms with Crippen LogP contribution in [0.3, 0.4) is 0 Å². The molecule has 35 heavy (non-hydrogen) atoms. The molecule has 1 amide bonds. The smallest absolute Gasteiger partial charge is 0.258 e. The number of nitriles is 1. The quantitative estimate of drug-likeness (QED) is 0.510. The highest BCUT2D eigenvalue weighted by molar-refractivity contribution is 5.82. The number of hydrogen-bond acceptors (Lipinski definition) is 7. The zero-order valence-corrected chi connectivity index (χ0v) is 20.2. The normalized spacial score (nSPS) is 18.9. The van der Waals surface area contributed by atoms with Gasteiger partial charge < -0.3 is 18.9 Å². The van der Waals surface area contributed by atoms with Gasteiger partial charge in [-0.05, 0) is 56.0 Å². The third-order valence-electron chi connectivity index (χ3n) is 6.88. The van der Waals surface area contributed by atoms with E-state index in [1.54, 1.807) is 19.2 Å². The van der Waals surface area contributed by atoms with Gasteiger partial charge in [-0.1, -0.05) is 23.4 Å². The summed E-state index contributed by atoms with van der Waals surface area (Å²) in [4.78, 5) is 19.3. The van der Waals surface area contributed by atoms with Crippen molar-refractivity contribution in [3.05, 3.63) is 53.1 Å². The average Bonchev–Trinajstić information content (AvgIpc) is 3.55. The molecule has 1 aromatic heterocycles. The minimum Gasteiger partial charge on any atom is -0.490 e. The fourth-order valence-corrected chi connectivity index (χ4v) is 5.28. The number of benzene rings is 2. The molecule has 0 bridgehead atoms. The van der Waals surface area contributed by atoms with Gasteiger partial charge in [0.25, 0.3) is 5.89 Å². The van der Waals surface area contributed by atoms with Crippen LogP contribution in [0.25, 0.3) is 22.8 Å². The second kappa shape index (κ2) is 9.16. The van der Waals surface area contributed by atoms with E-state index in [2.05, 4.69) is 22.3 Å². The van der Waals surface area contributed by atoms with E-state index in [1.165, 1.54) is 11.1 Å². The Bertz CT molecular complexity index is 1310. The zero-order valence-electron chi connectivity index (χ0n) is 20.2. The van der Waals surface area contributed by atoms with Crippen LogP contribution in [-0.4, -0.2) is 53.9 Å². The van der Waals surface area contributed by atoms with Crippen molar-refractivity contribution in [1.29, 1.82) is 5.26 Å². The van der Waals surface area contributed by atoms with Crippen molar-refractivity contribution >= 4 is 5.91 Å². The number of rotatable bonds is 7. The maximum Gasteiger partial charge on any atom is 0.258 e. The number of nitrogens with zero attached hydrogens (tertiary/aromatic N) is 4. The molecule has 180 valence electrons. The Labute approximate surface area is 204 Å². The van der Waals surface area contributed by atoms with Gasteiger partial charge in [0.15, 0.2) is 0 Å². The summed E-state index contributed by atoms with van der Waals surface area (Å²) in [6.45, 7) is 5.70. The van der Waals surface area contributed by atoms with Crippen LogP contribution in [0.1, 0.15) is 43.4 Å². The van der Waals surface area contributed by atoms with Crippen LogP contribution in [0, 0.1) is 11.3 Å². The van der Waals surface area contributed by atoms with Crippen LogP contribution in [0.15, 0.2) is 40.9 Å². The molecule has 0 unspecified atom stereocenters. The van der Waals surface area contributed by atoms with Crippen molar-refractivity contribution in [3.63, 3.8) is 0 Å². The molecule has 2 aliphatic rings. The van der Waals surface area contributed by atoms with Crippen molar-refractivity contribution in [2.45, 2.75) is 44.6 Å². The highest BCUT2D eigenvalue weighted by Crippen LogP contribution is 2.48. The number of amides is 1. The summed E-state index contributed by atoms with van der Waals surface area (Å²) in [7, 11) is 1.65. The van der Waals surface area contributed by atoms with E-state index in [4.69, 9.17) is 14.0 Å². The lowest BCUT2D eigenvalue weighted by Crippen LogP contribution is -2.32. The first-order chi connectivity index (χ1) is 16.9. The molecular weight excluding hydrogens is 444 g/mol. The Morgan fingerprint density at radius 2 is 2.14 bits per heavy atom. The third-order valence-corrected chi connectivity index (χ3v) is 6.88. The first-order valence-corrected chi connectivity index (χ1v) is 11.9. The fraction of sp³-hybridized carbons (Fsp3) is 0.407. The first kappa shape index (κ1) is 23.1. The van der Waals surface area contributed by atoms with Crippen molar-refractivity contribution in [2.75, 3.05) is 26.8 Å². The molecule has 1 aliphatic carbocycles. The maximum atomic E-state index is 12.7. The number of hydrogen-bond donors (Lipinski definition) is 0. The molecule has 8 nitrogen and oxygen atoms in total. The van der Waals surface area contributed by atoms with Crippen molar-refractivity contribution in [1.82, 2.24) is 15.0 Å². The summed E-state index contributed by atoms with van der Waals surface area (Å²) in [6.07, 6.45) is 2.27. The van der Waals surface area contributed by atoms with E-state index in [0.717, 1.165) is 18.4 Å². The van der Waals surface area contributed by atoms with Crippen LogP contribution >= 0.6 is 0 Å². The number of carbonyl (C=O) groups is 1. The largest absolute Gasteiger partial charge is 0.490 e. The van der Waals surface area contributed by atoms with E-state index in [0.29, 0.717) is 54.7 Å². The van der Waals surface area contributed by atoms with Gasteiger partial charge in [-0.15, -0.1) is 0 Å². The standard InChI is InChI=1S/C27H28N4O4/c1-17(2)34-23-8-7-18(13-19(23)15-28)26-29-25(30-35-26)21-5-4-6-22-20(21)9-10-27(22)14-24(32)31(16-27)11-12-33-3/h4-8,13,17H,9-12,14,16H2,1-3H3/t27-/m1/s1. The van der Waals surface area contributed by atoms with Gasteiger partial charge in [0.1, 0.15) is 11.8 Å². The number of aromatic nitrogens is 2. The van der Waals surface area contributed by atoms with Gasteiger partial charge in [-0.25, -0.2) is 0 Å². The van der Waals surface area contributed by atoms with E-state index in [1.807, 2.05) is 36.9 Å². The minimum atomic E-state index is -0.170. The molecule has 0 saturated carbocycles. The molecule has 1 saturated heterocycles. The van der Waals surface area contributed by atoms with Crippen LogP contribution < -0.4 is 4.74 Å². The molecule has 0 radical (unpaired) electrons. The predicted molar refractivity (Wildman–Crippen MR) is 129 cm³/mol. The molecule has 5 rings (SSSR count). The highest BCUT2D eigenvalue weighted by atomic mass is 16.5.